The van der Waals surface area contributed by atoms with Crippen LogP contribution in [0.25, 0.3) is 0 Å². The maximum Gasteiger partial charge on any atom is 0.287 e. The molecule has 21 heavy (non-hydrogen) atoms. The molecule has 112 valence electrons. The van der Waals surface area contributed by atoms with E-state index in [2.05, 4.69) is 16.7 Å². The molecule has 0 bridgehead atoms. The molecular formula is C15H20N4O2. The predicted octanol–water partition coefficient (Wildman–Crippen LogP) is 2.39. The molecule has 0 aromatic heterocycles. The van der Waals surface area contributed by atoms with Gasteiger partial charge in [-0.25, -0.2) is 0 Å². The average molecular weight is 288 g/mol. The fourth-order valence-electron chi connectivity index (χ4n) is 2.95. The number of nitrogens with zero attached hydrogens (tertiary/aromatic N) is 4. The van der Waals surface area contributed by atoms with Gasteiger partial charge >= 0.3 is 0 Å². The Hall–Kier alpha value is -2.13. The quantitative estimate of drug-likeness (QED) is 0.614. The Morgan fingerprint density at radius 1 is 1.57 bits per heavy atom. The number of nitro groups is 1. The molecule has 1 heterocycles. The van der Waals surface area contributed by atoms with Gasteiger partial charge in [-0.1, -0.05) is 6.92 Å². The summed E-state index contributed by atoms with van der Waals surface area (Å²) in [5, 5.41) is 19.9. The molecule has 1 atom stereocenters. The average Bonchev–Trinajstić information content (AvgIpc) is 2.93. The van der Waals surface area contributed by atoms with Crippen LogP contribution in [-0.4, -0.2) is 42.5 Å². The van der Waals surface area contributed by atoms with Gasteiger partial charge in [0.1, 0.15) is 11.6 Å². The van der Waals surface area contributed by atoms with Crippen molar-refractivity contribution in [3.05, 3.63) is 33.9 Å². The maximum atomic E-state index is 10.9. The third-order valence-corrected chi connectivity index (χ3v) is 4.13. The second-order valence-electron chi connectivity index (χ2n) is 5.38. The Labute approximate surface area is 124 Å². The summed E-state index contributed by atoms with van der Waals surface area (Å²) in [6.07, 6.45) is 2.40. The second-order valence-corrected chi connectivity index (χ2v) is 5.38. The zero-order chi connectivity index (χ0) is 15.4. The number of nitriles is 1. The summed E-state index contributed by atoms with van der Waals surface area (Å²) < 4.78 is 0. The highest BCUT2D eigenvalue weighted by Gasteiger charge is 2.24. The number of hydrogen-bond acceptors (Lipinski definition) is 5. The van der Waals surface area contributed by atoms with Crippen LogP contribution in [0.4, 0.5) is 11.4 Å². The Morgan fingerprint density at radius 2 is 2.33 bits per heavy atom. The van der Waals surface area contributed by atoms with Crippen LogP contribution in [-0.2, 0) is 0 Å². The number of benzene rings is 1. The largest absolute Gasteiger partial charge is 0.373 e. The van der Waals surface area contributed by atoms with Crippen molar-refractivity contribution in [2.45, 2.75) is 25.8 Å². The van der Waals surface area contributed by atoms with Gasteiger partial charge in [0, 0.05) is 31.4 Å². The molecule has 1 saturated heterocycles. The molecule has 1 unspecified atom stereocenters. The molecule has 0 radical (unpaired) electrons. The van der Waals surface area contributed by atoms with E-state index < -0.39 is 4.92 Å². The molecule has 1 aromatic rings. The van der Waals surface area contributed by atoms with Crippen molar-refractivity contribution < 1.29 is 4.92 Å². The van der Waals surface area contributed by atoms with Gasteiger partial charge in [-0.15, -0.1) is 0 Å². The Bertz CT molecular complexity index is 567. The van der Waals surface area contributed by atoms with E-state index in [1.54, 1.807) is 12.1 Å². The minimum atomic E-state index is -0.516. The molecule has 6 nitrogen and oxygen atoms in total. The molecule has 1 aliphatic rings. The Morgan fingerprint density at radius 3 is 2.95 bits per heavy atom. The number of rotatable bonds is 5. The van der Waals surface area contributed by atoms with Gasteiger partial charge in [-0.05, 0) is 38.1 Å². The van der Waals surface area contributed by atoms with Crippen LogP contribution < -0.4 is 4.90 Å². The first-order chi connectivity index (χ1) is 10.1. The van der Waals surface area contributed by atoms with Gasteiger partial charge in [0.2, 0.25) is 0 Å². The molecular weight excluding hydrogens is 268 g/mol. The first kappa shape index (κ1) is 15.3. The van der Waals surface area contributed by atoms with Gasteiger partial charge < -0.3 is 4.90 Å². The minimum absolute atomic E-state index is 0.114. The van der Waals surface area contributed by atoms with Crippen molar-refractivity contribution in [2.24, 2.45) is 0 Å². The highest BCUT2D eigenvalue weighted by atomic mass is 16.6. The van der Waals surface area contributed by atoms with Crippen molar-refractivity contribution in [1.82, 2.24) is 4.90 Å². The van der Waals surface area contributed by atoms with Crippen molar-refractivity contribution >= 4 is 11.4 Å². The van der Waals surface area contributed by atoms with E-state index in [9.17, 15) is 10.1 Å². The minimum Gasteiger partial charge on any atom is -0.373 e. The third-order valence-electron chi connectivity index (χ3n) is 4.13. The predicted molar refractivity (Wildman–Crippen MR) is 81.4 cm³/mol. The van der Waals surface area contributed by atoms with Crippen LogP contribution >= 0.6 is 0 Å². The van der Waals surface area contributed by atoms with E-state index in [-0.39, 0.29) is 11.3 Å². The van der Waals surface area contributed by atoms with Crippen LogP contribution in [0.1, 0.15) is 25.3 Å². The van der Waals surface area contributed by atoms with Gasteiger partial charge in [0.05, 0.1) is 4.92 Å². The molecule has 0 amide bonds. The molecule has 1 aromatic carbocycles. The summed E-state index contributed by atoms with van der Waals surface area (Å²) in [6.45, 7) is 5.22. The standard InChI is InChI=1S/C15H20N4O2/c1-3-18-8-4-5-14(18)11-17(2)13-6-7-15(19(20)21)12(9-13)10-16/h6-7,9,14H,3-5,8,11H2,1-2H3. The van der Waals surface area contributed by atoms with Crippen LogP contribution in [0.3, 0.4) is 0 Å². The van der Waals surface area contributed by atoms with Crippen LogP contribution in [0, 0.1) is 21.4 Å². The maximum absolute atomic E-state index is 10.9. The van der Waals surface area contributed by atoms with E-state index in [0.717, 1.165) is 25.3 Å². The summed E-state index contributed by atoms with van der Waals surface area (Å²) in [5.74, 6) is 0. The van der Waals surface area contributed by atoms with Crippen molar-refractivity contribution in [3.8, 4) is 6.07 Å². The summed E-state index contributed by atoms with van der Waals surface area (Å²) in [4.78, 5) is 14.9. The number of hydrogen-bond donors (Lipinski definition) is 0. The Kier molecular flexibility index (Phi) is 4.76. The highest BCUT2D eigenvalue weighted by molar-refractivity contribution is 5.59. The lowest BCUT2D eigenvalue weighted by Gasteiger charge is -2.29. The van der Waals surface area contributed by atoms with Gasteiger partial charge in [0.25, 0.3) is 5.69 Å². The molecule has 0 aliphatic carbocycles. The normalized spacial score (nSPS) is 18.4. The lowest BCUT2D eigenvalue weighted by atomic mass is 10.1. The topological polar surface area (TPSA) is 73.4 Å². The van der Waals surface area contributed by atoms with E-state index in [1.807, 2.05) is 13.1 Å². The molecule has 1 aliphatic heterocycles. The molecule has 0 N–H and O–H groups in total. The number of likely N-dealkylation sites (tertiary alicyclic amines) is 1. The molecule has 0 spiro atoms. The van der Waals surface area contributed by atoms with Gasteiger partial charge in [-0.3, -0.25) is 15.0 Å². The highest BCUT2D eigenvalue weighted by Crippen LogP contribution is 2.25. The fourth-order valence-corrected chi connectivity index (χ4v) is 2.95. The molecule has 1 fully saturated rings. The van der Waals surface area contributed by atoms with Crippen molar-refractivity contribution in [1.29, 1.82) is 5.26 Å². The van der Waals surface area contributed by atoms with Crippen LogP contribution in [0.2, 0.25) is 0 Å². The Balaban J connectivity index is 2.14. The van der Waals surface area contributed by atoms with Gasteiger partial charge in [0.15, 0.2) is 0 Å². The summed E-state index contributed by atoms with van der Waals surface area (Å²) in [5.41, 5.74) is 0.828. The molecule has 6 heteroatoms. The lowest BCUT2D eigenvalue weighted by molar-refractivity contribution is -0.385. The summed E-state index contributed by atoms with van der Waals surface area (Å²) in [6, 6.07) is 7.15. The second kappa shape index (κ2) is 6.55. The van der Waals surface area contributed by atoms with Crippen LogP contribution in [0.5, 0.6) is 0 Å². The summed E-state index contributed by atoms with van der Waals surface area (Å²) >= 11 is 0. The number of likely N-dealkylation sites (N-methyl/N-ethyl adjacent to an activating group) is 2. The van der Waals surface area contributed by atoms with E-state index in [1.165, 1.54) is 18.9 Å². The van der Waals surface area contributed by atoms with Crippen molar-refractivity contribution in [3.63, 3.8) is 0 Å². The molecule has 2 rings (SSSR count). The van der Waals surface area contributed by atoms with Crippen molar-refractivity contribution in [2.75, 3.05) is 31.6 Å². The number of nitro benzene ring substituents is 1. The number of anilines is 1. The fraction of sp³-hybridized carbons (Fsp3) is 0.533. The smallest absolute Gasteiger partial charge is 0.287 e. The molecule has 0 saturated carbocycles. The zero-order valence-corrected chi connectivity index (χ0v) is 12.5. The first-order valence-electron chi connectivity index (χ1n) is 7.20. The lowest BCUT2D eigenvalue weighted by Crippen LogP contribution is -2.38. The SMILES string of the molecule is CCN1CCCC1CN(C)c1ccc([N+](=O)[O-])c(C#N)c1. The van der Waals surface area contributed by atoms with Crippen LogP contribution in [0.15, 0.2) is 18.2 Å². The van der Waals surface area contributed by atoms with E-state index in [4.69, 9.17) is 5.26 Å². The first-order valence-corrected chi connectivity index (χ1v) is 7.20. The zero-order valence-electron chi connectivity index (χ0n) is 12.5. The van der Waals surface area contributed by atoms with E-state index >= 15 is 0 Å². The summed E-state index contributed by atoms with van der Waals surface area (Å²) in [7, 11) is 1.97. The monoisotopic (exact) mass is 288 g/mol. The van der Waals surface area contributed by atoms with E-state index in [0.29, 0.717) is 6.04 Å². The third kappa shape index (κ3) is 3.31. The van der Waals surface area contributed by atoms with Gasteiger partial charge in [-0.2, -0.15) is 5.26 Å².